The average Bonchev–Trinajstić information content (AvgIpc) is 2.88. The molecule has 0 unspecified atom stereocenters. The van der Waals surface area contributed by atoms with Gasteiger partial charge in [0, 0.05) is 4.43 Å². The van der Waals surface area contributed by atoms with E-state index in [0.29, 0.717) is 24.2 Å². The maximum absolute atomic E-state index is 11.7. The molecule has 0 aliphatic heterocycles. The fourth-order valence-electron chi connectivity index (χ4n) is 3.64. The van der Waals surface area contributed by atoms with Crippen LogP contribution in [0.25, 0.3) is 0 Å². The van der Waals surface area contributed by atoms with E-state index in [4.69, 9.17) is 14.2 Å². The molecule has 0 aromatic heterocycles. The fraction of sp³-hybridized carbons (Fsp3) is 0.333. The maximum atomic E-state index is 11.7. The largest absolute Gasteiger partial charge is 0.371 e. The summed E-state index contributed by atoms with van der Waals surface area (Å²) in [4.78, 5) is 19.1. The van der Waals surface area contributed by atoms with Gasteiger partial charge in [0.15, 0.2) is 0 Å². The second kappa shape index (κ2) is 14.9. The maximum Gasteiger partial charge on any atom is 0.325 e. The third-order valence-electron chi connectivity index (χ3n) is 5.49. The van der Waals surface area contributed by atoms with Crippen molar-refractivity contribution in [1.82, 2.24) is 0 Å². The lowest BCUT2D eigenvalue weighted by Crippen LogP contribution is -2.44. The lowest BCUT2D eigenvalue weighted by Gasteiger charge is -2.33. The average molecular weight is 610 g/mol. The van der Waals surface area contributed by atoms with E-state index in [1.165, 1.54) is 0 Å². The highest BCUT2D eigenvalue weighted by molar-refractivity contribution is 14.1. The molecule has 188 valence electrons. The van der Waals surface area contributed by atoms with Crippen LogP contribution in [0.1, 0.15) is 23.1 Å². The first-order valence-corrected chi connectivity index (χ1v) is 14.8. The summed E-state index contributed by atoms with van der Waals surface area (Å²) >= 11 is 2.27. The monoisotopic (exact) mass is 610 g/mol. The Hall–Kier alpha value is -1.58. The van der Waals surface area contributed by atoms with Gasteiger partial charge in [-0.05, 0) is 23.1 Å². The number of rotatable bonds is 15. The fourth-order valence-corrected chi connectivity index (χ4v) is 4.99. The Morgan fingerprint density at radius 2 is 1.06 bits per heavy atom. The summed E-state index contributed by atoms with van der Waals surface area (Å²) in [5.41, 5.74) is 3.03. The summed E-state index contributed by atoms with van der Waals surface area (Å²) in [5, 5.41) is 0. The van der Waals surface area contributed by atoms with Gasteiger partial charge in [-0.15, -0.1) is 0 Å². The normalized spacial score (nSPS) is 14.4. The van der Waals surface area contributed by atoms with Crippen LogP contribution in [0.3, 0.4) is 0 Å². The zero-order chi connectivity index (χ0) is 24.9. The number of alkyl halides is 1. The standard InChI is InChI=1S/C27H32IO6P/c28-18-26(33-20-23-12-6-2-7-13-23)27(34-21-24-14-8-3-9-15-24)25(16-17-35(29,30)31)32-19-22-10-4-1-5-11-22/h1-15,25-27H,16-21H2,(H2,29,30,31)/t25-,26-,27+/m1/s1. The van der Waals surface area contributed by atoms with Crippen LogP contribution in [-0.4, -0.2) is 38.7 Å². The molecule has 0 saturated carbocycles. The van der Waals surface area contributed by atoms with Crippen molar-refractivity contribution < 1.29 is 28.6 Å². The van der Waals surface area contributed by atoms with Crippen LogP contribution in [-0.2, 0) is 38.6 Å². The van der Waals surface area contributed by atoms with E-state index in [0.717, 1.165) is 16.7 Å². The SMILES string of the molecule is O=P(O)(O)CC[C@@H](OCc1ccccc1)[C@H](OCc1ccccc1)[C@@H](CI)OCc1ccccc1. The molecule has 0 radical (unpaired) electrons. The third kappa shape index (κ3) is 10.5. The molecule has 0 spiro atoms. The van der Waals surface area contributed by atoms with Gasteiger partial charge >= 0.3 is 7.60 Å². The predicted molar refractivity (Wildman–Crippen MR) is 145 cm³/mol. The predicted octanol–water partition coefficient (Wildman–Crippen LogP) is 5.75. The molecular formula is C27H32IO6P. The Labute approximate surface area is 220 Å². The van der Waals surface area contributed by atoms with Crippen molar-refractivity contribution in [3.8, 4) is 0 Å². The van der Waals surface area contributed by atoms with Crippen LogP contribution in [0.15, 0.2) is 91.0 Å². The van der Waals surface area contributed by atoms with Gasteiger partial charge in [-0.2, -0.15) is 0 Å². The molecule has 3 aromatic rings. The summed E-state index contributed by atoms with van der Waals surface area (Å²) in [6, 6.07) is 29.4. The Balaban J connectivity index is 1.80. The van der Waals surface area contributed by atoms with Crippen LogP contribution in [0.4, 0.5) is 0 Å². The van der Waals surface area contributed by atoms with Gasteiger partial charge in [-0.1, -0.05) is 114 Å². The van der Waals surface area contributed by atoms with E-state index in [-0.39, 0.29) is 18.7 Å². The smallest absolute Gasteiger partial charge is 0.325 e. The van der Waals surface area contributed by atoms with E-state index in [1.54, 1.807) is 0 Å². The number of hydrogen-bond acceptors (Lipinski definition) is 4. The molecule has 0 bridgehead atoms. The number of halogens is 1. The second-order valence-corrected chi connectivity index (χ2v) is 10.9. The Bertz CT molecular complexity index is 1020. The summed E-state index contributed by atoms with van der Waals surface area (Å²) < 4.78 is 31.3. The molecule has 6 nitrogen and oxygen atoms in total. The second-order valence-electron chi connectivity index (χ2n) is 8.26. The van der Waals surface area contributed by atoms with Gasteiger partial charge in [0.1, 0.15) is 6.10 Å². The highest BCUT2D eigenvalue weighted by atomic mass is 127. The minimum atomic E-state index is -4.21. The number of ether oxygens (including phenoxy) is 3. The van der Waals surface area contributed by atoms with Gasteiger partial charge in [-0.3, -0.25) is 4.57 Å². The number of benzene rings is 3. The Kier molecular flexibility index (Phi) is 11.9. The van der Waals surface area contributed by atoms with Gasteiger partial charge in [-0.25, -0.2) is 0 Å². The van der Waals surface area contributed by atoms with E-state index in [1.807, 2.05) is 91.0 Å². The lowest BCUT2D eigenvalue weighted by atomic mass is 10.1. The van der Waals surface area contributed by atoms with Crippen LogP contribution < -0.4 is 0 Å². The van der Waals surface area contributed by atoms with Crippen LogP contribution >= 0.6 is 30.2 Å². The van der Waals surface area contributed by atoms with Crippen molar-refractivity contribution in [2.24, 2.45) is 0 Å². The van der Waals surface area contributed by atoms with E-state index < -0.39 is 19.8 Å². The van der Waals surface area contributed by atoms with Gasteiger partial charge in [0.2, 0.25) is 0 Å². The van der Waals surface area contributed by atoms with Crippen LogP contribution in [0.5, 0.6) is 0 Å². The molecule has 35 heavy (non-hydrogen) atoms. The summed E-state index contributed by atoms with van der Waals surface area (Å²) in [6.45, 7) is 1.06. The quantitative estimate of drug-likeness (QED) is 0.130. The first kappa shape index (κ1) is 28.0. The molecule has 3 rings (SSSR count). The zero-order valence-corrected chi connectivity index (χ0v) is 22.5. The zero-order valence-electron chi connectivity index (χ0n) is 19.5. The summed E-state index contributed by atoms with van der Waals surface area (Å²) in [6.07, 6.45) is -1.56. The van der Waals surface area contributed by atoms with Crippen molar-refractivity contribution in [2.45, 2.75) is 44.6 Å². The van der Waals surface area contributed by atoms with Crippen LogP contribution in [0.2, 0.25) is 0 Å². The molecule has 0 aliphatic rings. The molecule has 0 fully saturated rings. The molecule has 0 saturated heterocycles. The lowest BCUT2D eigenvalue weighted by molar-refractivity contribution is -0.144. The molecule has 0 aliphatic carbocycles. The van der Waals surface area contributed by atoms with E-state index >= 15 is 0 Å². The highest BCUT2D eigenvalue weighted by Gasteiger charge is 2.33. The van der Waals surface area contributed by atoms with Crippen molar-refractivity contribution in [3.05, 3.63) is 108 Å². The van der Waals surface area contributed by atoms with Gasteiger partial charge in [0.25, 0.3) is 0 Å². The van der Waals surface area contributed by atoms with Crippen molar-refractivity contribution in [3.63, 3.8) is 0 Å². The first-order chi connectivity index (χ1) is 16.9. The highest BCUT2D eigenvalue weighted by Crippen LogP contribution is 2.37. The van der Waals surface area contributed by atoms with E-state index in [2.05, 4.69) is 22.6 Å². The van der Waals surface area contributed by atoms with Crippen molar-refractivity contribution in [1.29, 1.82) is 0 Å². The Morgan fingerprint density at radius 3 is 1.46 bits per heavy atom. The minimum Gasteiger partial charge on any atom is -0.371 e. The van der Waals surface area contributed by atoms with Crippen molar-refractivity contribution in [2.75, 3.05) is 10.6 Å². The molecule has 3 aromatic carbocycles. The summed E-state index contributed by atoms with van der Waals surface area (Å²) in [7, 11) is -4.21. The van der Waals surface area contributed by atoms with Gasteiger partial charge in [0.05, 0.1) is 38.2 Å². The van der Waals surface area contributed by atoms with E-state index in [9.17, 15) is 14.4 Å². The Morgan fingerprint density at radius 1 is 0.657 bits per heavy atom. The molecule has 0 amide bonds. The molecular weight excluding hydrogens is 578 g/mol. The third-order valence-corrected chi connectivity index (χ3v) is 7.20. The topological polar surface area (TPSA) is 85.2 Å². The van der Waals surface area contributed by atoms with Gasteiger partial charge < -0.3 is 24.0 Å². The molecule has 0 heterocycles. The summed E-state index contributed by atoms with van der Waals surface area (Å²) in [5.74, 6) is 0. The molecule has 8 heteroatoms. The van der Waals surface area contributed by atoms with Crippen LogP contribution in [0, 0.1) is 0 Å². The first-order valence-electron chi connectivity index (χ1n) is 11.5. The van der Waals surface area contributed by atoms with Crippen molar-refractivity contribution >= 4 is 30.2 Å². The molecule has 3 atom stereocenters. The minimum absolute atomic E-state index is 0.151. The number of hydrogen-bond donors (Lipinski definition) is 2. The molecule has 2 N–H and O–H groups in total.